The van der Waals surface area contributed by atoms with E-state index in [9.17, 15) is 13.2 Å². The van der Waals surface area contributed by atoms with Crippen molar-refractivity contribution < 1.29 is 17.9 Å². The van der Waals surface area contributed by atoms with Crippen molar-refractivity contribution in [2.75, 3.05) is 13.1 Å². The van der Waals surface area contributed by atoms with Gasteiger partial charge < -0.3 is 9.64 Å². The van der Waals surface area contributed by atoms with Crippen molar-refractivity contribution in [3.8, 4) is 5.75 Å². The van der Waals surface area contributed by atoms with Gasteiger partial charge in [0.25, 0.3) is 10.0 Å². The van der Waals surface area contributed by atoms with Gasteiger partial charge in [0, 0.05) is 31.1 Å². The summed E-state index contributed by atoms with van der Waals surface area (Å²) in [4.78, 5) is 15.4. The second-order valence-electron chi connectivity index (χ2n) is 11.2. The summed E-state index contributed by atoms with van der Waals surface area (Å²) in [5.74, 6) is 0.0574. The van der Waals surface area contributed by atoms with Gasteiger partial charge in [-0.15, -0.1) is 0 Å². The van der Waals surface area contributed by atoms with E-state index in [0.29, 0.717) is 28.9 Å². The second kappa shape index (κ2) is 11.5. The highest BCUT2D eigenvalue weighted by Crippen LogP contribution is 2.32. The number of rotatable bonds is 6. The van der Waals surface area contributed by atoms with Crippen LogP contribution >= 0.6 is 23.2 Å². The molecule has 1 saturated heterocycles. The molecule has 1 heterocycles. The van der Waals surface area contributed by atoms with Crippen LogP contribution in [0.15, 0.2) is 47.4 Å². The molecule has 0 atom stereocenters. The van der Waals surface area contributed by atoms with E-state index in [1.165, 1.54) is 0 Å². The number of carbonyl (C=O) groups excluding carboxylic acids is 1. The fourth-order valence-corrected chi connectivity index (χ4v) is 6.55. The topological polar surface area (TPSA) is 75.7 Å². The van der Waals surface area contributed by atoms with Crippen LogP contribution < -0.4 is 9.46 Å². The average Bonchev–Trinajstić information content (AvgIpc) is 2.86. The lowest BCUT2D eigenvalue weighted by atomic mass is 9.84. The van der Waals surface area contributed by atoms with Crippen LogP contribution in [0.3, 0.4) is 0 Å². The lowest BCUT2D eigenvalue weighted by Gasteiger charge is -2.40. The number of nitrogens with zero attached hydrogens (tertiary/aromatic N) is 1. The third-order valence-electron chi connectivity index (χ3n) is 7.52. The summed E-state index contributed by atoms with van der Waals surface area (Å²) in [5.41, 5.74) is 0.971. The zero-order valence-corrected chi connectivity index (χ0v) is 24.0. The highest BCUT2D eigenvalue weighted by molar-refractivity contribution is 7.90. The second-order valence-corrected chi connectivity index (χ2v) is 13.7. The normalized spacial score (nSPS) is 22.0. The Morgan fingerprint density at radius 1 is 0.919 bits per heavy atom. The maximum Gasteiger partial charge on any atom is 0.264 e. The molecule has 1 aliphatic heterocycles. The first kappa shape index (κ1) is 28.2. The van der Waals surface area contributed by atoms with Gasteiger partial charge in [0.05, 0.1) is 14.9 Å². The maximum absolute atomic E-state index is 12.8. The molecule has 0 unspecified atom stereocenters. The van der Waals surface area contributed by atoms with Crippen molar-refractivity contribution in [3.63, 3.8) is 0 Å². The summed E-state index contributed by atoms with van der Waals surface area (Å²) in [6, 6.07) is 12.5. The number of ether oxygens (including phenoxy) is 1. The molecule has 202 valence electrons. The number of likely N-dealkylation sites (tertiary alicyclic amines) is 1. The van der Waals surface area contributed by atoms with Gasteiger partial charge in [0.2, 0.25) is 5.91 Å². The minimum absolute atomic E-state index is 0.0720. The zero-order valence-electron chi connectivity index (χ0n) is 21.7. The van der Waals surface area contributed by atoms with E-state index in [4.69, 9.17) is 27.9 Å². The Balaban J connectivity index is 1.23. The van der Waals surface area contributed by atoms with Crippen LogP contribution in [0.1, 0.15) is 64.9 Å². The quantitative estimate of drug-likeness (QED) is 0.450. The van der Waals surface area contributed by atoms with Crippen molar-refractivity contribution in [2.24, 2.45) is 5.92 Å². The van der Waals surface area contributed by atoms with Crippen LogP contribution in [-0.4, -0.2) is 44.5 Å². The van der Waals surface area contributed by atoms with Gasteiger partial charge >= 0.3 is 0 Å². The average molecular weight is 568 g/mol. The van der Waals surface area contributed by atoms with E-state index in [0.717, 1.165) is 50.1 Å². The van der Waals surface area contributed by atoms with Crippen LogP contribution in [0.4, 0.5) is 0 Å². The van der Waals surface area contributed by atoms with Gasteiger partial charge in [-0.3, -0.25) is 4.79 Å². The molecule has 9 heteroatoms. The molecule has 6 nitrogen and oxygen atoms in total. The smallest absolute Gasteiger partial charge is 0.264 e. The fourth-order valence-electron chi connectivity index (χ4n) is 5.21. The Labute approximate surface area is 230 Å². The summed E-state index contributed by atoms with van der Waals surface area (Å²) in [5, 5.41) is 1.00. The van der Waals surface area contributed by atoms with E-state index in [2.05, 4.69) is 30.4 Å². The molecule has 0 spiro atoms. The summed E-state index contributed by atoms with van der Waals surface area (Å²) in [7, 11) is -3.88. The Morgan fingerprint density at radius 3 is 2.11 bits per heavy atom. The molecule has 1 aliphatic carbocycles. The minimum atomic E-state index is -3.88. The molecule has 0 aromatic heterocycles. The Morgan fingerprint density at radius 2 is 1.54 bits per heavy atom. The number of nitrogens with one attached hydrogen (secondary N) is 1. The molecule has 4 rings (SSSR count). The monoisotopic (exact) mass is 566 g/mol. The third kappa shape index (κ3) is 7.20. The minimum Gasteiger partial charge on any atom is -0.490 e. The number of hydrogen-bond acceptors (Lipinski definition) is 5. The van der Waals surface area contributed by atoms with Gasteiger partial charge in [-0.2, -0.15) is 0 Å². The number of amides is 1. The van der Waals surface area contributed by atoms with Crippen LogP contribution in [-0.2, 0) is 20.2 Å². The fraction of sp³-hybridized carbons (Fsp3) is 0.536. The largest absolute Gasteiger partial charge is 0.490 e. The first-order valence-electron chi connectivity index (χ1n) is 13.0. The van der Waals surface area contributed by atoms with Gasteiger partial charge in [-0.05, 0) is 73.8 Å². The highest BCUT2D eigenvalue weighted by atomic mass is 35.5. The molecule has 1 amide bonds. The molecule has 0 bridgehead atoms. The van der Waals surface area contributed by atoms with E-state index in [-0.39, 0.29) is 22.3 Å². The van der Waals surface area contributed by atoms with Crippen LogP contribution in [0.5, 0.6) is 5.75 Å². The Bertz CT molecular complexity index is 1200. The number of sulfonamides is 1. The van der Waals surface area contributed by atoms with Crippen molar-refractivity contribution >= 4 is 39.1 Å². The molecule has 2 aromatic rings. The van der Waals surface area contributed by atoms with E-state index in [1.807, 2.05) is 18.2 Å². The molecule has 1 N–H and O–H groups in total. The van der Waals surface area contributed by atoms with Crippen molar-refractivity contribution in [2.45, 2.75) is 81.8 Å². The van der Waals surface area contributed by atoms with Crippen LogP contribution in [0.25, 0.3) is 0 Å². The predicted octanol–water partition coefficient (Wildman–Crippen LogP) is 6.20. The lowest BCUT2D eigenvalue weighted by Crippen LogP contribution is -2.46. The van der Waals surface area contributed by atoms with Gasteiger partial charge in [0.1, 0.15) is 11.9 Å². The summed E-state index contributed by atoms with van der Waals surface area (Å²) in [6.45, 7) is 8.09. The maximum atomic E-state index is 12.8. The molecule has 0 radical (unpaired) electrons. The molecule has 37 heavy (non-hydrogen) atoms. The van der Waals surface area contributed by atoms with Crippen molar-refractivity contribution in [3.05, 3.63) is 58.1 Å². The van der Waals surface area contributed by atoms with Crippen LogP contribution in [0.2, 0.25) is 10.0 Å². The van der Waals surface area contributed by atoms with E-state index < -0.39 is 15.9 Å². The third-order valence-corrected chi connectivity index (χ3v) is 9.62. The molecule has 1 saturated carbocycles. The first-order valence-corrected chi connectivity index (χ1v) is 15.2. The zero-order chi connectivity index (χ0) is 26.8. The standard InChI is InChI=1S/C28H36Cl2N2O4S/c1-28(2,3)20-6-11-24(12-7-20)37(34,35)31-27(33)19-4-8-21(9-5-19)32-16-14-22(15-17-32)36-23-10-13-25(29)26(30)18-23/h6-7,10-13,18-19,21-22H,4-5,8-9,14-17H2,1-3H3,(H,31,33)/t19-,21-. The number of piperidine rings is 1. The first-order chi connectivity index (χ1) is 17.4. The molecule has 2 aromatic carbocycles. The molecular formula is C28H36Cl2N2O4S. The summed E-state index contributed by atoms with van der Waals surface area (Å²) >= 11 is 12.1. The van der Waals surface area contributed by atoms with Gasteiger partial charge in [0.15, 0.2) is 0 Å². The van der Waals surface area contributed by atoms with Crippen molar-refractivity contribution in [1.29, 1.82) is 0 Å². The van der Waals surface area contributed by atoms with Gasteiger partial charge in [-0.1, -0.05) is 56.1 Å². The molecule has 2 aliphatic rings. The summed E-state index contributed by atoms with van der Waals surface area (Å²) in [6.07, 6.45) is 5.13. The predicted molar refractivity (Wildman–Crippen MR) is 148 cm³/mol. The molecule has 2 fully saturated rings. The van der Waals surface area contributed by atoms with E-state index in [1.54, 1.807) is 24.3 Å². The SMILES string of the molecule is CC(C)(C)c1ccc(S(=O)(=O)NC(=O)[C@H]2CC[C@H](N3CCC(Oc4ccc(Cl)c(Cl)c4)CC3)CC2)cc1. The number of benzene rings is 2. The Hall–Kier alpha value is -1.80. The number of carbonyl (C=O) groups is 1. The Kier molecular flexibility index (Phi) is 8.79. The number of hydrogen-bond donors (Lipinski definition) is 1. The van der Waals surface area contributed by atoms with Gasteiger partial charge in [-0.25, -0.2) is 13.1 Å². The van der Waals surface area contributed by atoms with E-state index >= 15 is 0 Å². The lowest BCUT2D eigenvalue weighted by molar-refractivity contribution is -0.124. The van der Waals surface area contributed by atoms with Crippen LogP contribution in [0, 0.1) is 5.92 Å². The molecular weight excluding hydrogens is 531 g/mol. The number of halogens is 2. The summed E-state index contributed by atoms with van der Waals surface area (Å²) < 4.78 is 34.0. The van der Waals surface area contributed by atoms with Crippen molar-refractivity contribution in [1.82, 2.24) is 9.62 Å². The highest BCUT2D eigenvalue weighted by Gasteiger charge is 2.33.